The Bertz CT molecular complexity index is 146. The molecule has 0 aromatic carbocycles. The van der Waals surface area contributed by atoms with E-state index in [-0.39, 0.29) is 1.43 Å². The smallest absolute Gasteiger partial charge is 0.00958 e. The monoisotopic (exact) mass is 169 g/mol. The molecule has 2 N–H and O–H groups in total. The lowest BCUT2D eigenvalue weighted by Gasteiger charge is -2.44. The molecule has 2 atom stereocenters. The van der Waals surface area contributed by atoms with Gasteiger partial charge in [-0.25, -0.2) is 0 Å². The second-order valence-corrected chi connectivity index (χ2v) is 4.77. The number of hydrogen-bond donors (Lipinski definition) is 1. The van der Waals surface area contributed by atoms with Gasteiger partial charge in [0.05, 0.1) is 0 Å². The summed E-state index contributed by atoms with van der Waals surface area (Å²) in [6.45, 7) is 2.33. The van der Waals surface area contributed by atoms with Gasteiger partial charge in [-0.05, 0) is 43.4 Å². The largest absolute Gasteiger partial charge is 0.327 e. The quantitative estimate of drug-likeness (QED) is 0.642. The van der Waals surface area contributed by atoms with Crippen molar-refractivity contribution >= 4 is 0 Å². The number of rotatable bonds is 1. The highest BCUT2D eigenvalue weighted by molar-refractivity contribution is 4.91. The Morgan fingerprint density at radius 2 is 1.83 bits per heavy atom. The minimum atomic E-state index is 0. The van der Waals surface area contributed by atoms with Crippen LogP contribution in [0.25, 0.3) is 0 Å². The molecular formula is C11H23N. The summed E-state index contributed by atoms with van der Waals surface area (Å²) in [4.78, 5) is 0. The third kappa shape index (κ3) is 1.39. The van der Waals surface area contributed by atoms with E-state index in [2.05, 4.69) is 6.92 Å². The molecule has 0 aromatic heterocycles. The van der Waals surface area contributed by atoms with Gasteiger partial charge in [0.25, 0.3) is 0 Å². The van der Waals surface area contributed by atoms with Crippen molar-refractivity contribution in [2.75, 3.05) is 0 Å². The molecule has 0 saturated heterocycles. The van der Waals surface area contributed by atoms with Gasteiger partial charge in [0, 0.05) is 7.47 Å². The molecule has 0 heterocycles. The van der Waals surface area contributed by atoms with Crippen molar-refractivity contribution < 1.29 is 1.43 Å². The highest BCUT2D eigenvalue weighted by atomic mass is 14.7. The Hall–Kier alpha value is -0.0400. The van der Waals surface area contributed by atoms with E-state index < -0.39 is 0 Å². The van der Waals surface area contributed by atoms with Gasteiger partial charge in [-0.15, -0.1) is 0 Å². The zero-order valence-corrected chi connectivity index (χ0v) is 8.13. The van der Waals surface area contributed by atoms with Crippen LogP contribution in [0.2, 0.25) is 0 Å². The summed E-state index contributed by atoms with van der Waals surface area (Å²) < 4.78 is 0. The van der Waals surface area contributed by atoms with Crippen molar-refractivity contribution in [2.24, 2.45) is 23.5 Å². The van der Waals surface area contributed by atoms with Gasteiger partial charge >= 0.3 is 0 Å². The van der Waals surface area contributed by atoms with Crippen molar-refractivity contribution in [3.8, 4) is 0 Å². The van der Waals surface area contributed by atoms with Gasteiger partial charge < -0.3 is 5.73 Å². The van der Waals surface area contributed by atoms with Gasteiger partial charge in [-0.2, -0.15) is 0 Å². The second-order valence-electron chi connectivity index (χ2n) is 4.77. The molecule has 2 saturated carbocycles. The van der Waals surface area contributed by atoms with Crippen molar-refractivity contribution in [1.82, 2.24) is 0 Å². The van der Waals surface area contributed by atoms with Crippen molar-refractivity contribution in [2.45, 2.75) is 51.5 Å². The van der Waals surface area contributed by atoms with E-state index in [4.69, 9.17) is 5.73 Å². The van der Waals surface area contributed by atoms with Gasteiger partial charge in [-0.3, -0.25) is 0 Å². The number of fused-ring (bicyclic) bond motifs is 2. The first-order valence-corrected chi connectivity index (χ1v) is 5.56. The summed E-state index contributed by atoms with van der Waals surface area (Å²) in [5.74, 6) is 2.75. The molecule has 0 spiro atoms. The molecule has 2 aliphatic carbocycles. The van der Waals surface area contributed by atoms with Crippen LogP contribution in [-0.2, 0) is 0 Å². The van der Waals surface area contributed by atoms with Crippen molar-refractivity contribution in [3.05, 3.63) is 0 Å². The molecule has 1 heteroatoms. The summed E-state index contributed by atoms with van der Waals surface area (Å²) in [5, 5.41) is 0. The van der Waals surface area contributed by atoms with Crippen LogP contribution in [-0.4, -0.2) is 6.04 Å². The van der Waals surface area contributed by atoms with Crippen LogP contribution < -0.4 is 5.73 Å². The molecule has 0 radical (unpaired) electrons. The van der Waals surface area contributed by atoms with Crippen LogP contribution in [0.1, 0.15) is 46.9 Å². The maximum Gasteiger partial charge on any atom is 0.00958 e. The fourth-order valence-electron chi connectivity index (χ4n) is 3.25. The van der Waals surface area contributed by atoms with E-state index in [0.29, 0.717) is 6.04 Å². The van der Waals surface area contributed by atoms with E-state index in [0.717, 1.165) is 17.8 Å². The first-order valence-electron chi connectivity index (χ1n) is 5.56. The molecule has 12 heavy (non-hydrogen) atoms. The summed E-state index contributed by atoms with van der Waals surface area (Å²) >= 11 is 0. The highest BCUT2D eigenvalue weighted by Crippen LogP contribution is 2.42. The molecule has 72 valence electrons. The van der Waals surface area contributed by atoms with Crippen molar-refractivity contribution in [1.29, 1.82) is 0 Å². The van der Waals surface area contributed by atoms with Crippen LogP contribution >= 0.6 is 0 Å². The van der Waals surface area contributed by atoms with Gasteiger partial charge in [-0.1, -0.05) is 19.8 Å². The Labute approximate surface area is 77.2 Å². The Morgan fingerprint density at radius 3 is 2.33 bits per heavy atom. The lowest BCUT2D eigenvalue weighted by atomic mass is 9.64. The number of hydrogen-bond acceptors (Lipinski definition) is 1. The van der Waals surface area contributed by atoms with Gasteiger partial charge in [0.2, 0.25) is 0 Å². The average Bonchev–Trinajstić information content (AvgIpc) is 2.04. The van der Waals surface area contributed by atoms with E-state index >= 15 is 0 Å². The lowest BCUT2D eigenvalue weighted by molar-refractivity contribution is 0.105. The Balaban J connectivity index is 0.000000845. The molecule has 2 rings (SSSR count). The first-order chi connectivity index (χ1) is 5.81. The zero-order chi connectivity index (χ0) is 8.55. The van der Waals surface area contributed by atoms with E-state index in [1.165, 1.54) is 38.5 Å². The SMILES string of the molecule is CCC1CC2CCCC(C1)C2N.[HH]. The van der Waals surface area contributed by atoms with Gasteiger partial charge in [0.15, 0.2) is 0 Å². The maximum absolute atomic E-state index is 6.20. The second kappa shape index (κ2) is 3.37. The molecule has 0 aliphatic heterocycles. The number of nitrogens with two attached hydrogens (primary N) is 1. The summed E-state index contributed by atoms with van der Waals surface area (Å²) in [6, 6.07) is 0.557. The van der Waals surface area contributed by atoms with Crippen LogP contribution in [0.15, 0.2) is 0 Å². The fraction of sp³-hybridized carbons (Fsp3) is 1.00. The molecule has 1 nitrogen and oxygen atoms in total. The predicted octanol–water partition coefficient (Wildman–Crippen LogP) is 2.80. The van der Waals surface area contributed by atoms with Gasteiger partial charge in [0.1, 0.15) is 0 Å². The average molecular weight is 169 g/mol. The summed E-state index contributed by atoms with van der Waals surface area (Å²) in [7, 11) is 0. The normalized spacial score (nSPS) is 47.5. The highest BCUT2D eigenvalue weighted by Gasteiger charge is 2.37. The topological polar surface area (TPSA) is 26.0 Å². The molecule has 2 fully saturated rings. The predicted molar refractivity (Wildman–Crippen MR) is 53.9 cm³/mol. The standard InChI is InChI=1S/C11H21N.H2/c1-2-8-6-9-4-3-5-10(7-8)11(9)12;/h8-11H,2-7,12H2,1H3;1H. The molecule has 0 aromatic rings. The third-order valence-electron chi connectivity index (χ3n) is 4.09. The van der Waals surface area contributed by atoms with E-state index in [1.54, 1.807) is 0 Å². The van der Waals surface area contributed by atoms with E-state index in [9.17, 15) is 0 Å². The summed E-state index contributed by atoms with van der Waals surface area (Å²) in [5.41, 5.74) is 6.20. The molecule has 0 amide bonds. The molecule has 2 aliphatic rings. The van der Waals surface area contributed by atoms with Crippen LogP contribution in [0.5, 0.6) is 0 Å². The summed E-state index contributed by atoms with van der Waals surface area (Å²) in [6.07, 6.45) is 8.49. The van der Waals surface area contributed by atoms with Crippen LogP contribution in [0.4, 0.5) is 0 Å². The van der Waals surface area contributed by atoms with E-state index in [1.807, 2.05) is 0 Å². The third-order valence-corrected chi connectivity index (χ3v) is 4.09. The Morgan fingerprint density at radius 1 is 1.25 bits per heavy atom. The zero-order valence-electron chi connectivity index (χ0n) is 8.13. The van der Waals surface area contributed by atoms with Crippen molar-refractivity contribution in [3.63, 3.8) is 0 Å². The van der Waals surface area contributed by atoms with Crippen LogP contribution in [0, 0.1) is 17.8 Å². The maximum atomic E-state index is 6.20. The minimum absolute atomic E-state index is 0. The van der Waals surface area contributed by atoms with Crippen LogP contribution in [0.3, 0.4) is 0 Å². The lowest BCUT2D eigenvalue weighted by Crippen LogP contribution is -2.45. The molecular weight excluding hydrogens is 146 g/mol. The minimum Gasteiger partial charge on any atom is -0.327 e. The molecule has 2 unspecified atom stereocenters. The Kier molecular flexibility index (Phi) is 2.40. The fourth-order valence-corrected chi connectivity index (χ4v) is 3.25. The molecule has 2 bridgehead atoms. The first kappa shape index (κ1) is 8.55.